The zero-order chi connectivity index (χ0) is 13.3. The Labute approximate surface area is 114 Å². The van der Waals surface area contributed by atoms with E-state index >= 15 is 0 Å². The lowest BCUT2D eigenvalue weighted by atomic mass is 9.68. The molecule has 2 aliphatic carbocycles. The zero-order valence-corrected chi connectivity index (χ0v) is 11.4. The van der Waals surface area contributed by atoms with Crippen LogP contribution in [0.25, 0.3) is 0 Å². The van der Waals surface area contributed by atoms with Gasteiger partial charge in [0.25, 0.3) is 0 Å². The first-order valence-corrected chi connectivity index (χ1v) is 7.37. The normalized spacial score (nSPS) is 20.3. The third kappa shape index (κ3) is 2.27. The first-order chi connectivity index (χ1) is 9.23. The Morgan fingerprint density at radius 2 is 1.89 bits per heavy atom. The van der Waals surface area contributed by atoms with Crippen LogP contribution in [0.4, 0.5) is 5.69 Å². The molecule has 0 heterocycles. The van der Waals surface area contributed by atoms with Gasteiger partial charge in [-0.05, 0) is 61.8 Å². The minimum absolute atomic E-state index is 0.108. The minimum atomic E-state index is -0.296. The molecule has 1 fully saturated rings. The van der Waals surface area contributed by atoms with Gasteiger partial charge >= 0.3 is 0 Å². The van der Waals surface area contributed by atoms with Crippen LogP contribution >= 0.6 is 0 Å². The number of fused-ring (bicyclic) bond motifs is 1. The Bertz CT molecular complexity index is 486. The van der Waals surface area contributed by atoms with Gasteiger partial charge in [0.15, 0.2) is 0 Å². The van der Waals surface area contributed by atoms with Crippen molar-refractivity contribution < 1.29 is 4.79 Å². The number of nitrogens with two attached hydrogens (primary N) is 1. The molecule has 0 radical (unpaired) electrons. The highest BCUT2D eigenvalue weighted by atomic mass is 16.2. The summed E-state index contributed by atoms with van der Waals surface area (Å²) in [6.45, 7) is 0.462. The predicted octanol–water partition coefficient (Wildman–Crippen LogP) is 2.63. The molecule has 0 atom stereocenters. The maximum atomic E-state index is 12.3. The molecule has 3 N–H and O–H groups in total. The van der Waals surface area contributed by atoms with Crippen LogP contribution in [0.5, 0.6) is 0 Å². The van der Waals surface area contributed by atoms with E-state index in [0.29, 0.717) is 6.54 Å². The molecule has 1 saturated carbocycles. The molecule has 2 aliphatic rings. The summed E-state index contributed by atoms with van der Waals surface area (Å²) < 4.78 is 0. The summed E-state index contributed by atoms with van der Waals surface area (Å²) in [4.78, 5) is 12.3. The lowest BCUT2D eigenvalue weighted by molar-refractivity contribution is -0.129. The molecule has 1 aromatic carbocycles. The van der Waals surface area contributed by atoms with E-state index in [1.54, 1.807) is 0 Å². The largest absolute Gasteiger partial charge is 0.329 e. The Hall–Kier alpha value is -1.35. The van der Waals surface area contributed by atoms with Crippen molar-refractivity contribution in [3.63, 3.8) is 0 Å². The second kappa shape index (κ2) is 4.97. The van der Waals surface area contributed by atoms with Crippen LogP contribution < -0.4 is 11.1 Å². The molecule has 0 unspecified atom stereocenters. The van der Waals surface area contributed by atoms with Crippen molar-refractivity contribution in [1.82, 2.24) is 0 Å². The van der Waals surface area contributed by atoms with Crippen molar-refractivity contribution in [1.29, 1.82) is 0 Å². The fourth-order valence-corrected chi connectivity index (χ4v) is 3.20. The van der Waals surface area contributed by atoms with Gasteiger partial charge in [0.05, 0.1) is 5.41 Å². The van der Waals surface area contributed by atoms with Crippen LogP contribution in [0.3, 0.4) is 0 Å². The quantitative estimate of drug-likeness (QED) is 0.875. The highest BCUT2D eigenvalue weighted by Gasteiger charge is 2.42. The minimum Gasteiger partial charge on any atom is -0.329 e. The molecule has 3 nitrogen and oxygen atoms in total. The maximum absolute atomic E-state index is 12.3. The van der Waals surface area contributed by atoms with E-state index in [1.807, 2.05) is 6.07 Å². The van der Waals surface area contributed by atoms with Gasteiger partial charge in [0, 0.05) is 12.2 Å². The van der Waals surface area contributed by atoms with E-state index in [2.05, 4.69) is 17.4 Å². The van der Waals surface area contributed by atoms with Gasteiger partial charge in [-0.2, -0.15) is 0 Å². The molecule has 102 valence electrons. The predicted molar refractivity (Wildman–Crippen MR) is 77.1 cm³/mol. The first kappa shape index (κ1) is 12.7. The summed E-state index contributed by atoms with van der Waals surface area (Å²) in [5.74, 6) is 0.108. The average molecular weight is 258 g/mol. The smallest absolute Gasteiger partial charge is 0.231 e. The lowest BCUT2D eigenvalue weighted by Crippen LogP contribution is -2.47. The van der Waals surface area contributed by atoms with Gasteiger partial charge in [-0.15, -0.1) is 0 Å². The van der Waals surface area contributed by atoms with E-state index < -0.39 is 0 Å². The maximum Gasteiger partial charge on any atom is 0.231 e. The number of carbonyl (C=O) groups excluding carboxylic acids is 1. The van der Waals surface area contributed by atoms with Crippen LogP contribution in [0.1, 0.15) is 43.2 Å². The van der Waals surface area contributed by atoms with Gasteiger partial charge in [0.2, 0.25) is 5.91 Å². The monoisotopic (exact) mass is 258 g/mol. The molecule has 0 saturated heterocycles. The van der Waals surface area contributed by atoms with Crippen LogP contribution in [-0.2, 0) is 17.6 Å². The fourth-order valence-electron chi connectivity index (χ4n) is 3.20. The number of rotatable bonds is 3. The van der Waals surface area contributed by atoms with Crippen molar-refractivity contribution in [3.05, 3.63) is 29.3 Å². The van der Waals surface area contributed by atoms with Gasteiger partial charge in [-0.3, -0.25) is 4.79 Å². The Balaban J connectivity index is 1.74. The van der Waals surface area contributed by atoms with Crippen molar-refractivity contribution >= 4 is 11.6 Å². The van der Waals surface area contributed by atoms with Crippen LogP contribution in [0.15, 0.2) is 18.2 Å². The van der Waals surface area contributed by atoms with Gasteiger partial charge < -0.3 is 11.1 Å². The second-order valence-corrected chi connectivity index (χ2v) is 5.98. The Morgan fingerprint density at radius 3 is 2.53 bits per heavy atom. The summed E-state index contributed by atoms with van der Waals surface area (Å²) in [6, 6.07) is 6.35. The van der Waals surface area contributed by atoms with Gasteiger partial charge in [-0.25, -0.2) is 0 Å². The molecular weight excluding hydrogens is 236 g/mol. The summed E-state index contributed by atoms with van der Waals surface area (Å²) >= 11 is 0. The van der Waals surface area contributed by atoms with E-state index in [0.717, 1.165) is 31.4 Å². The number of benzene rings is 1. The fraction of sp³-hybridized carbons (Fsp3) is 0.562. The van der Waals surface area contributed by atoms with E-state index in [9.17, 15) is 4.79 Å². The molecule has 1 amide bonds. The summed E-state index contributed by atoms with van der Waals surface area (Å²) in [5.41, 5.74) is 9.26. The summed E-state index contributed by atoms with van der Waals surface area (Å²) in [5, 5.41) is 3.07. The van der Waals surface area contributed by atoms with Crippen LogP contribution in [0.2, 0.25) is 0 Å². The number of hydrogen-bond donors (Lipinski definition) is 2. The number of amides is 1. The summed E-state index contributed by atoms with van der Waals surface area (Å²) in [6.07, 6.45) is 7.85. The Kier molecular flexibility index (Phi) is 3.31. The number of nitrogens with one attached hydrogen (secondary N) is 1. The second-order valence-electron chi connectivity index (χ2n) is 5.98. The number of hydrogen-bond acceptors (Lipinski definition) is 2. The summed E-state index contributed by atoms with van der Waals surface area (Å²) in [7, 11) is 0. The molecule has 0 bridgehead atoms. The van der Waals surface area contributed by atoms with Crippen molar-refractivity contribution in [3.8, 4) is 0 Å². The van der Waals surface area contributed by atoms with E-state index in [-0.39, 0.29) is 11.3 Å². The molecule has 0 aliphatic heterocycles. The van der Waals surface area contributed by atoms with E-state index in [1.165, 1.54) is 30.4 Å². The molecular formula is C16H22N2O. The zero-order valence-electron chi connectivity index (χ0n) is 11.4. The first-order valence-electron chi connectivity index (χ1n) is 7.37. The number of aryl methyl sites for hydroxylation is 2. The Morgan fingerprint density at radius 1 is 1.16 bits per heavy atom. The molecule has 3 rings (SSSR count). The van der Waals surface area contributed by atoms with Gasteiger partial charge in [0.1, 0.15) is 0 Å². The standard InChI is InChI=1S/C16H22N2O/c17-11-16(8-3-9-16)15(19)18-14-7-6-12-4-1-2-5-13(12)10-14/h6-7,10H,1-5,8-9,11,17H2,(H,18,19). The molecule has 1 aromatic rings. The molecule has 0 spiro atoms. The van der Waals surface area contributed by atoms with Crippen LogP contribution in [-0.4, -0.2) is 12.5 Å². The number of anilines is 1. The van der Waals surface area contributed by atoms with Crippen molar-refractivity contribution in [2.45, 2.75) is 44.9 Å². The molecule has 0 aromatic heterocycles. The molecule has 3 heteroatoms. The number of carbonyl (C=O) groups is 1. The topological polar surface area (TPSA) is 55.1 Å². The van der Waals surface area contributed by atoms with Crippen molar-refractivity contribution in [2.24, 2.45) is 11.1 Å². The third-order valence-electron chi connectivity index (χ3n) is 4.79. The van der Waals surface area contributed by atoms with Crippen molar-refractivity contribution in [2.75, 3.05) is 11.9 Å². The molecule has 19 heavy (non-hydrogen) atoms. The highest BCUT2D eigenvalue weighted by molar-refractivity contribution is 5.96. The van der Waals surface area contributed by atoms with Crippen LogP contribution in [0, 0.1) is 5.41 Å². The lowest BCUT2D eigenvalue weighted by Gasteiger charge is -2.39. The van der Waals surface area contributed by atoms with Gasteiger partial charge in [-0.1, -0.05) is 12.5 Å². The highest BCUT2D eigenvalue weighted by Crippen LogP contribution is 2.41. The average Bonchev–Trinajstić information content (AvgIpc) is 2.38. The van der Waals surface area contributed by atoms with E-state index in [4.69, 9.17) is 5.73 Å². The third-order valence-corrected chi connectivity index (χ3v) is 4.79. The SMILES string of the molecule is NCC1(C(=O)Nc2ccc3c(c2)CCCC3)CCC1.